The number of carbonyl (C=O) groups is 1. The van der Waals surface area contributed by atoms with E-state index in [4.69, 9.17) is 10.5 Å². The molecule has 21 heavy (non-hydrogen) atoms. The Bertz CT molecular complexity index is 487. The zero-order valence-corrected chi connectivity index (χ0v) is 12.4. The van der Waals surface area contributed by atoms with E-state index < -0.39 is 6.04 Å². The van der Waals surface area contributed by atoms with E-state index in [1.165, 1.54) is 6.07 Å². The van der Waals surface area contributed by atoms with E-state index in [0.29, 0.717) is 37.6 Å². The Labute approximate surface area is 124 Å². The number of morpholine rings is 1. The largest absolute Gasteiger partial charge is 0.398 e. The van der Waals surface area contributed by atoms with Gasteiger partial charge in [0.2, 0.25) is 5.91 Å². The quantitative estimate of drug-likeness (QED) is 0.817. The summed E-state index contributed by atoms with van der Waals surface area (Å²) in [5.41, 5.74) is 6.68. The fourth-order valence-electron chi connectivity index (χ4n) is 2.39. The van der Waals surface area contributed by atoms with Gasteiger partial charge in [-0.2, -0.15) is 0 Å². The van der Waals surface area contributed by atoms with Crippen LogP contribution in [0.5, 0.6) is 0 Å². The third-order valence-electron chi connectivity index (χ3n) is 3.49. The number of nitrogen functional groups attached to an aromatic ring is 1. The van der Waals surface area contributed by atoms with Gasteiger partial charge in [-0.15, -0.1) is 0 Å². The lowest BCUT2D eigenvalue weighted by atomic mass is 10.1. The summed E-state index contributed by atoms with van der Waals surface area (Å²) in [6, 6.07) is 4.27. The van der Waals surface area contributed by atoms with Crippen molar-refractivity contribution in [1.29, 1.82) is 0 Å². The molecule has 5 nitrogen and oxygen atoms in total. The number of hydrogen-bond donors (Lipinski definition) is 2. The highest BCUT2D eigenvalue weighted by Crippen LogP contribution is 2.20. The highest BCUT2D eigenvalue weighted by molar-refractivity contribution is 5.82. The Morgan fingerprint density at radius 2 is 2.33 bits per heavy atom. The Morgan fingerprint density at radius 3 is 3.00 bits per heavy atom. The molecule has 3 N–H and O–H groups in total. The summed E-state index contributed by atoms with van der Waals surface area (Å²) in [5.74, 6) is -0.441. The van der Waals surface area contributed by atoms with Crippen LogP contribution in [0.3, 0.4) is 0 Å². The lowest BCUT2D eigenvalue weighted by molar-refractivity contribution is -0.133. The van der Waals surface area contributed by atoms with Crippen molar-refractivity contribution in [2.45, 2.75) is 32.5 Å². The maximum absolute atomic E-state index is 13.9. The van der Waals surface area contributed by atoms with E-state index in [-0.39, 0.29) is 17.8 Å². The van der Waals surface area contributed by atoms with Gasteiger partial charge in [-0.25, -0.2) is 4.39 Å². The second kappa shape index (κ2) is 6.87. The van der Waals surface area contributed by atoms with Gasteiger partial charge >= 0.3 is 0 Å². The molecule has 1 heterocycles. The molecule has 0 saturated carbocycles. The molecule has 1 aromatic carbocycles. The molecule has 0 radical (unpaired) electrons. The second-order valence-electron chi connectivity index (χ2n) is 5.53. The fraction of sp³-hybridized carbons (Fsp3) is 0.533. The third-order valence-corrected chi connectivity index (χ3v) is 3.49. The molecule has 1 atom stereocenters. The summed E-state index contributed by atoms with van der Waals surface area (Å²) < 4.78 is 19.3. The lowest BCUT2D eigenvalue weighted by Crippen LogP contribution is -2.54. The third kappa shape index (κ3) is 3.92. The smallest absolute Gasteiger partial charge is 0.239 e. The van der Waals surface area contributed by atoms with Crippen LogP contribution in [0.15, 0.2) is 18.2 Å². The molecule has 1 aromatic rings. The number of nitrogens with zero attached hydrogens (tertiary/aromatic N) is 1. The van der Waals surface area contributed by atoms with Gasteiger partial charge in [0, 0.05) is 30.4 Å². The topological polar surface area (TPSA) is 67.6 Å². The van der Waals surface area contributed by atoms with Crippen molar-refractivity contribution in [3.63, 3.8) is 0 Å². The van der Waals surface area contributed by atoms with Crippen molar-refractivity contribution in [1.82, 2.24) is 10.2 Å². The number of anilines is 1. The number of halogens is 1. The number of ether oxygens (including phenoxy) is 1. The molecular formula is C15H22FN3O2. The van der Waals surface area contributed by atoms with Gasteiger partial charge in [-0.3, -0.25) is 9.69 Å². The predicted octanol–water partition coefficient (Wildman–Crippen LogP) is 1.13. The first-order valence-electron chi connectivity index (χ1n) is 7.14. The fourth-order valence-corrected chi connectivity index (χ4v) is 2.39. The lowest BCUT2D eigenvalue weighted by Gasteiger charge is -2.35. The van der Waals surface area contributed by atoms with Gasteiger partial charge in [-0.05, 0) is 26.0 Å². The van der Waals surface area contributed by atoms with Crippen LogP contribution in [0.4, 0.5) is 10.1 Å². The minimum atomic E-state index is -0.417. The van der Waals surface area contributed by atoms with Crippen LogP contribution in [-0.4, -0.2) is 42.6 Å². The maximum Gasteiger partial charge on any atom is 0.239 e. The van der Waals surface area contributed by atoms with Crippen molar-refractivity contribution in [2.24, 2.45) is 0 Å². The summed E-state index contributed by atoms with van der Waals surface area (Å²) >= 11 is 0. The van der Waals surface area contributed by atoms with Crippen molar-refractivity contribution >= 4 is 11.6 Å². The van der Waals surface area contributed by atoms with Crippen LogP contribution in [0.1, 0.15) is 19.4 Å². The van der Waals surface area contributed by atoms with Gasteiger partial charge in [0.1, 0.15) is 11.9 Å². The number of benzene rings is 1. The van der Waals surface area contributed by atoms with Gasteiger partial charge in [0.05, 0.1) is 13.2 Å². The molecule has 1 saturated heterocycles. The Kier molecular flexibility index (Phi) is 5.14. The van der Waals surface area contributed by atoms with Crippen LogP contribution >= 0.6 is 0 Å². The molecular weight excluding hydrogens is 273 g/mol. The Balaban J connectivity index is 2.14. The molecule has 1 fully saturated rings. The van der Waals surface area contributed by atoms with Gasteiger partial charge in [0.25, 0.3) is 0 Å². The summed E-state index contributed by atoms with van der Waals surface area (Å²) in [7, 11) is 0. The molecule has 0 spiro atoms. The van der Waals surface area contributed by atoms with Crippen molar-refractivity contribution in [3.05, 3.63) is 29.6 Å². The molecule has 1 unspecified atom stereocenters. The van der Waals surface area contributed by atoms with Crippen LogP contribution in [0.2, 0.25) is 0 Å². The van der Waals surface area contributed by atoms with E-state index >= 15 is 0 Å². The van der Waals surface area contributed by atoms with Crippen LogP contribution in [-0.2, 0) is 16.1 Å². The van der Waals surface area contributed by atoms with E-state index in [2.05, 4.69) is 5.32 Å². The highest BCUT2D eigenvalue weighted by atomic mass is 19.1. The summed E-state index contributed by atoms with van der Waals surface area (Å²) in [4.78, 5) is 14.1. The normalized spacial score (nSPS) is 19.7. The second-order valence-corrected chi connectivity index (χ2v) is 5.53. The van der Waals surface area contributed by atoms with Crippen LogP contribution in [0.25, 0.3) is 0 Å². The van der Waals surface area contributed by atoms with Gasteiger partial charge < -0.3 is 15.8 Å². The maximum atomic E-state index is 13.9. The number of amides is 1. The van der Waals surface area contributed by atoms with Crippen molar-refractivity contribution < 1.29 is 13.9 Å². The highest BCUT2D eigenvalue weighted by Gasteiger charge is 2.30. The van der Waals surface area contributed by atoms with Gasteiger partial charge in [-0.1, -0.05) is 6.07 Å². The van der Waals surface area contributed by atoms with E-state index in [9.17, 15) is 9.18 Å². The van der Waals surface area contributed by atoms with E-state index in [0.717, 1.165) is 0 Å². The monoisotopic (exact) mass is 295 g/mol. The summed E-state index contributed by atoms with van der Waals surface area (Å²) in [6.07, 6.45) is 0. The predicted molar refractivity (Wildman–Crippen MR) is 79.1 cm³/mol. The molecule has 6 heteroatoms. The zero-order valence-electron chi connectivity index (χ0n) is 12.4. The zero-order chi connectivity index (χ0) is 15.4. The Morgan fingerprint density at radius 1 is 1.57 bits per heavy atom. The summed E-state index contributed by atoms with van der Waals surface area (Å²) in [5, 5.41) is 2.87. The molecule has 116 valence electrons. The number of nitrogens with two attached hydrogens (primary N) is 1. The molecule has 0 aromatic heterocycles. The first-order chi connectivity index (χ1) is 9.99. The molecule has 0 bridgehead atoms. The number of rotatable bonds is 4. The Hall–Kier alpha value is -1.66. The van der Waals surface area contributed by atoms with Gasteiger partial charge in [0.15, 0.2) is 0 Å². The number of carbonyl (C=O) groups excluding carboxylic acids is 1. The van der Waals surface area contributed by atoms with E-state index in [1.807, 2.05) is 18.7 Å². The average Bonchev–Trinajstić information content (AvgIpc) is 2.43. The summed E-state index contributed by atoms with van der Waals surface area (Å²) in [6.45, 7) is 5.52. The van der Waals surface area contributed by atoms with Crippen molar-refractivity contribution in [3.8, 4) is 0 Å². The van der Waals surface area contributed by atoms with E-state index in [1.54, 1.807) is 12.1 Å². The first kappa shape index (κ1) is 15.7. The van der Waals surface area contributed by atoms with Crippen LogP contribution in [0, 0.1) is 5.82 Å². The molecule has 1 aliphatic heterocycles. The minimum absolute atomic E-state index is 0.0554. The molecule has 1 aliphatic rings. The number of hydrogen-bond acceptors (Lipinski definition) is 4. The van der Waals surface area contributed by atoms with Crippen molar-refractivity contribution in [2.75, 3.05) is 25.5 Å². The number of nitrogens with one attached hydrogen (secondary N) is 1. The minimum Gasteiger partial charge on any atom is -0.398 e. The molecule has 1 amide bonds. The SMILES string of the molecule is CC(C)NC(=O)C1COCCN1Cc1c(N)cccc1F. The standard InChI is InChI=1S/C15H22FN3O2/c1-10(2)18-15(20)14-9-21-7-6-19(14)8-11-12(16)4-3-5-13(11)17/h3-5,10,14H,6-9,17H2,1-2H3,(H,18,20). The average molecular weight is 295 g/mol. The first-order valence-corrected chi connectivity index (χ1v) is 7.14. The molecule has 0 aliphatic carbocycles. The van der Waals surface area contributed by atoms with Crippen LogP contribution < -0.4 is 11.1 Å². The molecule has 2 rings (SSSR count).